The van der Waals surface area contributed by atoms with Crippen molar-refractivity contribution in [1.29, 1.82) is 0 Å². The van der Waals surface area contributed by atoms with Crippen LogP contribution in [0.2, 0.25) is 0 Å². The SMILES string of the molecule is CCCCC(CC)C(=O)[O-].CCCCC(CC)C(=O)[O-].[GeH2+2]. The van der Waals surface area contributed by atoms with Crippen molar-refractivity contribution in [2.45, 2.75) is 79.1 Å². The van der Waals surface area contributed by atoms with Gasteiger partial charge in [0.05, 0.1) is 0 Å². The topological polar surface area (TPSA) is 80.3 Å². The summed E-state index contributed by atoms with van der Waals surface area (Å²) in [5.41, 5.74) is 0. The molecule has 0 aliphatic rings. The van der Waals surface area contributed by atoms with Gasteiger partial charge in [-0.15, -0.1) is 0 Å². The maximum absolute atomic E-state index is 10.3. The second kappa shape index (κ2) is 17.5. The summed E-state index contributed by atoms with van der Waals surface area (Å²) in [7, 11) is 0. The van der Waals surface area contributed by atoms with Crippen LogP contribution in [-0.2, 0) is 9.59 Å². The molecule has 5 heteroatoms. The molecule has 2 unspecified atom stereocenters. The molecule has 21 heavy (non-hydrogen) atoms. The number of hydrogen-bond acceptors (Lipinski definition) is 4. The first-order valence-corrected chi connectivity index (χ1v) is 7.86. The predicted octanol–water partition coefficient (Wildman–Crippen LogP) is 0.989. The van der Waals surface area contributed by atoms with Gasteiger partial charge in [-0.1, -0.05) is 53.4 Å². The Morgan fingerprint density at radius 3 is 1.19 bits per heavy atom. The van der Waals surface area contributed by atoms with Gasteiger partial charge in [0, 0.05) is 11.9 Å². The summed E-state index contributed by atoms with van der Waals surface area (Å²) in [4.78, 5) is 20.7. The molecule has 0 aromatic rings. The van der Waals surface area contributed by atoms with Gasteiger partial charge in [-0.2, -0.15) is 0 Å². The summed E-state index contributed by atoms with van der Waals surface area (Å²) in [6.07, 6.45) is 7.04. The molecular weight excluding hydrogens is 329 g/mol. The molecular formula is C16H32GeO4. The van der Waals surface area contributed by atoms with Crippen LogP contribution in [0.5, 0.6) is 0 Å². The Bertz CT molecular complexity index is 231. The van der Waals surface area contributed by atoms with E-state index in [4.69, 9.17) is 0 Å². The summed E-state index contributed by atoms with van der Waals surface area (Å²) in [5, 5.41) is 20.7. The van der Waals surface area contributed by atoms with Crippen LogP contribution in [0.4, 0.5) is 0 Å². The molecule has 0 aliphatic carbocycles. The van der Waals surface area contributed by atoms with Crippen LogP contribution in [0, 0.1) is 11.8 Å². The zero-order valence-corrected chi connectivity index (χ0v) is 17.1. The van der Waals surface area contributed by atoms with E-state index in [0.29, 0.717) is 12.8 Å². The third kappa shape index (κ3) is 15.7. The van der Waals surface area contributed by atoms with Crippen LogP contribution in [0.3, 0.4) is 0 Å². The molecule has 0 saturated carbocycles. The van der Waals surface area contributed by atoms with Gasteiger partial charge in [0.25, 0.3) is 0 Å². The van der Waals surface area contributed by atoms with E-state index in [1.165, 1.54) is 0 Å². The summed E-state index contributed by atoms with van der Waals surface area (Å²) in [6.45, 7) is 7.89. The second-order valence-corrected chi connectivity index (χ2v) is 5.13. The van der Waals surface area contributed by atoms with E-state index in [1.807, 2.05) is 13.8 Å². The van der Waals surface area contributed by atoms with Gasteiger partial charge in [-0.25, -0.2) is 0 Å². The fourth-order valence-electron chi connectivity index (χ4n) is 1.88. The fraction of sp³-hybridized carbons (Fsp3) is 0.875. The van der Waals surface area contributed by atoms with E-state index in [1.54, 1.807) is 0 Å². The molecule has 0 aromatic heterocycles. The maximum atomic E-state index is 10.3. The molecule has 0 radical (unpaired) electrons. The minimum absolute atomic E-state index is 0. The molecule has 124 valence electrons. The molecule has 0 saturated heterocycles. The van der Waals surface area contributed by atoms with Crippen molar-refractivity contribution in [2.24, 2.45) is 11.8 Å². The monoisotopic (exact) mass is 362 g/mol. The first-order chi connectivity index (χ1) is 9.44. The van der Waals surface area contributed by atoms with Crippen molar-refractivity contribution < 1.29 is 19.8 Å². The first-order valence-electron chi connectivity index (χ1n) is 7.86. The van der Waals surface area contributed by atoms with E-state index < -0.39 is 11.9 Å². The van der Waals surface area contributed by atoms with Crippen molar-refractivity contribution in [3.63, 3.8) is 0 Å². The van der Waals surface area contributed by atoms with Crippen molar-refractivity contribution in [3.8, 4) is 0 Å². The van der Waals surface area contributed by atoms with Crippen LogP contribution < -0.4 is 10.2 Å². The van der Waals surface area contributed by atoms with Gasteiger partial charge in [0.2, 0.25) is 0 Å². The Balaban J connectivity index is -0.000000295. The van der Waals surface area contributed by atoms with Crippen LogP contribution in [-0.4, -0.2) is 29.5 Å². The summed E-state index contributed by atoms with van der Waals surface area (Å²) in [6, 6.07) is 0. The summed E-state index contributed by atoms with van der Waals surface area (Å²) >= 11 is 0. The van der Waals surface area contributed by atoms with Crippen molar-refractivity contribution in [2.75, 3.05) is 0 Å². The Hall–Kier alpha value is -0.517. The number of unbranched alkanes of at least 4 members (excludes halogenated alkanes) is 2. The quantitative estimate of drug-likeness (QED) is 0.544. The normalized spacial score (nSPS) is 12.4. The van der Waals surface area contributed by atoms with Crippen LogP contribution >= 0.6 is 0 Å². The van der Waals surface area contributed by atoms with Crippen LogP contribution in [0.1, 0.15) is 79.1 Å². The molecule has 0 heterocycles. The molecule has 0 amide bonds. The number of carbonyl (C=O) groups excluding carboxylic acids is 2. The van der Waals surface area contributed by atoms with Gasteiger partial charge in [0.15, 0.2) is 0 Å². The number of rotatable bonds is 10. The number of carbonyl (C=O) groups is 2. The van der Waals surface area contributed by atoms with Crippen molar-refractivity contribution >= 4 is 29.5 Å². The predicted molar refractivity (Wildman–Crippen MR) is 85.2 cm³/mol. The van der Waals surface area contributed by atoms with E-state index in [9.17, 15) is 19.8 Å². The minimum atomic E-state index is -0.893. The fourth-order valence-corrected chi connectivity index (χ4v) is 1.88. The average molecular weight is 361 g/mol. The van der Waals surface area contributed by atoms with Crippen molar-refractivity contribution in [1.82, 2.24) is 0 Å². The molecule has 0 rings (SSSR count). The third-order valence-corrected chi connectivity index (χ3v) is 3.46. The molecule has 0 aromatic carbocycles. The van der Waals surface area contributed by atoms with Gasteiger partial charge >= 0.3 is 17.6 Å². The van der Waals surface area contributed by atoms with E-state index in [0.717, 1.165) is 38.5 Å². The van der Waals surface area contributed by atoms with Gasteiger partial charge < -0.3 is 19.8 Å². The van der Waals surface area contributed by atoms with E-state index in [2.05, 4.69) is 13.8 Å². The average Bonchev–Trinajstić information content (AvgIpc) is 2.40. The Kier molecular flexibility index (Phi) is 21.2. The number of carboxylic acids is 2. The van der Waals surface area contributed by atoms with Crippen molar-refractivity contribution in [3.05, 3.63) is 0 Å². The van der Waals surface area contributed by atoms with Crippen LogP contribution in [0.15, 0.2) is 0 Å². The number of hydrogen-bond donors (Lipinski definition) is 0. The molecule has 2 atom stereocenters. The van der Waals surface area contributed by atoms with Gasteiger partial charge in [0.1, 0.15) is 0 Å². The Labute approximate surface area is 140 Å². The van der Waals surface area contributed by atoms with Gasteiger partial charge in [-0.05, 0) is 37.5 Å². The number of aliphatic carboxylic acids is 2. The molecule has 0 N–H and O–H groups in total. The zero-order chi connectivity index (χ0) is 16.0. The summed E-state index contributed by atoms with van der Waals surface area (Å²) in [5.74, 6) is -2.23. The molecule has 0 aliphatic heterocycles. The number of carboxylic acid groups (broad SMARTS) is 2. The molecule has 4 nitrogen and oxygen atoms in total. The Morgan fingerprint density at radius 1 is 0.762 bits per heavy atom. The molecule has 0 bridgehead atoms. The second-order valence-electron chi connectivity index (χ2n) is 5.13. The van der Waals surface area contributed by atoms with Crippen LogP contribution in [0.25, 0.3) is 0 Å². The zero-order valence-electron chi connectivity index (χ0n) is 14.2. The van der Waals surface area contributed by atoms with E-state index in [-0.39, 0.29) is 29.4 Å². The van der Waals surface area contributed by atoms with Gasteiger partial charge in [-0.3, -0.25) is 0 Å². The Morgan fingerprint density at radius 2 is 1.05 bits per heavy atom. The molecule has 0 spiro atoms. The standard InChI is InChI=1S/2C8H16O2.GeH2/c2*1-3-5-6-7(4-2)8(9)10;/h2*7H,3-6H2,1-2H3,(H,9,10);1H2/q;;+2/p-2. The van der Waals surface area contributed by atoms with E-state index >= 15 is 0 Å². The molecule has 0 fully saturated rings. The first kappa shape index (κ1) is 25.4. The summed E-state index contributed by atoms with van der Waals surface area (Å²) < 4.78 is 0. The third-order valence-electron chi connectivity index (χ3n) is 3.46.